The second-order valence-corrected chi connectivity index (χ2v) is 11.1. The molecular weight excluding hydrogens is 404 g/mol. The Balaban J connectivity index is 1.64. The Morgan fingerprint density at radius 3 is 2.41 bits per heavy atom. The standard InChI is InChI=1S/C22H30N2O3S2/c1-15(2)21(19-6-5-13-28-19)23-22(25)18-9-11-24(12-10-18)29(26,27)20-8-7-16(3)14-17(20)4/h5-8,13-15,18,21H,9-12H2,1-4H3,(H,23,25). The van der Waals surface area contributed by atoms with Gasteiger partial charge in [-0.25, -0.2) is 8.42 Å². The lowest BCUT2D eigenvalue weighted by Crippen LogP contribution is -2.44. The lowest BCUT2D eigenvalue weighted by atomic mass is 9.95. The average molecular weight is 435 g/mol. The molecular formula is C22H30N2O3S2. The maximum atomic E-state index is 13.0. The number of thiophene rings is 1. The van der Waals surface area contributed by atoms with Gasteiger partial charge in [-0.3, -0.25) is 4.79 Å². The molecule has 158 valence electrons. The highest BCUT2D eigenvalue weighted by atomic mass is 32.2. The van der Waals surface area contributed by atoms with Crippen LogP contribution in [-0.2, 0) is 14.8 Å². The summed E-state index contributed by atoms with van der Waals surface area (Å²) in [6, 6.07) is 9.46. The van der Waals surface area contributed by atoms with Crippen molar-refractivity contribution in [1.82, 2.24) is 9.62 Å². The van der Waals surface area contributed by atoms with E-state index in [4.69, 9.17) is 0 Å². The predicted molar refractivity (Wildman–Crippen MR) is 117 cm³/mol. The number of piperidine rings is 1. The largest absolute Gasteiger partial charge is 0.348 e. The Bertz CT molecular complexity index is 944. The summed E-state index contributed by atoms with van der Waals surface area (Å²) in [5.41, 5.74) is 1.81. The van der Waals surface area contributed by atoms with Crippen molar-refractivity contribution in [1.29, 1.82) is 0 Å². The molecule has 5 nitrogen and oxygen atoms in total. The number of nitrogens with one attached hydrogen (secondary N) is 1. The van der Waals surface area contributed by atoms with Gasteiger partial charge in [0.25, 0.3) is 0 Å². The van der Waals surface area contributed by atoms with Crippen LogP contribution in [0.4, 0.5) is 0 Å². The van der Waals surface area contributed by atoms with E-state index in [-0.39, 0.29) is 17.9 Å². The van der Waals surface area contributed by atoms with Gasteiger partial charge in [0, 0.05) is 23.9 Å². The van der Waals surface area contributed by atoms with E-state index in [0.29, 0.717) is 36.7 Å². The third kappa shape index (κ3) is 4.90. The smallest absolute Gasteiger partial charge is 0.243 e. The molecule has 2 aromatic rings. The highest BCUT2D eigenvalue weighted by Crippen LogP contribution is 2.29. The minimum absolute atomic E-state index is 0.000491. The second-order valence-electron chi connectivity index (χ2n) is 8.19. The number of carbonyl (C=O) groups is 1. The van der Waals surface area contributed by atoms with Crippen molar-refractivity contribution in [2.75, 3.05) is 13.1 Å². The van der Waals surface area contributed by atoms with Crippen LogP contribution in [0.3, 0.4) is 0 Å². The van der Waals surface area contributed by atoms with Crippen LogP contribution in [-0.4, -0.2) is 31.7 Å². The van der Waals surface area contributed by atoms with E-state index >= 15 is 0 Å². The maximum absolute atomic E-state index is 13.0. The molecule has 1 aromatic heterocycles. The number of hydrogen-bond acceptors (Lipinski definition) is 4. The lowest BCUT2D eigenvalue weighted by Gasteiger charge is -2.32. The van der Waals surface area contributed by atoms with E-state index in [1.807, 2.05) is 37.4 Å². The van der Waals surface area contributed by atoms with E-state index < -0.39 is 10.0 Å². The number of aryl methyl sites for hydroxylation is 2. The number of hydrogen-bond donors (Lipinski definition) is 1. The minimum Gasteiger partial charge on any atom is -0.348 e. The van der Waals surface area contributed by atoms with E-state index in [0.717, 1.165) is 16.0 Å². The quantitative estimate of drug-likeness (QED) is 0.738. The van der Waals surface area contributed by atoms with Gasteiger partial charge in [0.05, 0.1) is 10.9 Å². The van der Waals surface area contributed by atoms with Gasteiger partial charge in [-0.1, -0.05) is 37.6 Å². The first-order chi connectivity index (χ1) is 13.7. The fraction of sp³-hybridized carbons (Fsp3) is 0.500. The third-order valence-corrected chi connectivity index (χ3v) is 8.60. The van der Waals surface area contributed by atoms with Gasteiger partial charge in [-0.2, -0.15) is 4.31 Å². The average Bonchev–Trinajstić information content (AvgIpc) is 3.19. The van der Waals surface area contributed by atoms with Crippen LogP contribution < -0.4 is 5.32 Å². The molecule has 1 aliphatic heterocycles. The zero-order valence-corrected chi connectivity index (χ0v) is 19.1. The summed E-state index contributed by atoms with van der Waals surface area (Å²) < 4.78 is 27.6. The zero-order valence-electron chi connectivity index (χ0n) is 17.5. The summed E-state index contributed by atoms with van der Waals surface area (Å²) in [6.07, 6.45) is 1.09. The molecule has 3 rings (SSSR count). The molecule has 0 bridgehead atoms. The number of benzene rings is 1. The SMILES string of the molecule is Cc1ccc(S(=O)(=O)N2CCC(C(=O)NC(c3cccs3)C(C)C)CC2)c(C)c1. The summed E-state index contributed by atoms with van der Waals surface area (Å²) in [6.45, 7) is 8.73. The van der Waals surface area contributed by atoms with Crippen LogP contribution in [0.2, 0.25) is 0 Å². The summed E-state index contributed by atoms with van der Waals surface area (Å²) in [5, 5.41) is 5.21. The van der Waals surface area contributed by atoms with Crippen molar-refractivity contribution in [2.24, 2.45) is 11.8 Å². The van der Waals surface area contributed by atoms with Crippen molar-refractivity contribution in [3.05, 3.63) is 51.7 Å². The molecule has 7 heteroatoms. The summed E-state index contributed by atoms with van der Waals surface area (Å²) >= 11 is 1.65. The van der Waals surface area contributed by atoms with Gasteiger partial charge < -0.3 is 5.32 Å². The molecule has 1 fully saturated rings. The van der Waals surface area contributed by atoms with E-state index in [1.165, 1.54) is 4.31 Å². The van der Waals surface area contributed by atoms with Crippen molar-refractivity contribution in [3.8, 4) is 0 Å². The van der Waals surface area contributed by atoms with Crippen LogP contribution in [0, 0.1) is 25.7 Å². The monoisotopic (exact) mass is 434 g/mol. The van der Waals surface area contributed by atoms with E-state index in [9.17, 15) is 13.2 Å². The van der Waals surface area contributed by atoms with Crippen molar-refractivity contribution in [3.63, 3.8) is 0 Å². The first kappa shape index (κ1) is 22.0. The fourth-order valence-electron chi connectivity index (χ4n) is 3.89. The van der Waals surface area contributed by atoms with Crippen LogP contribution in [0.25, 0.3) is 0 Å². The lowest BCUT2D eigenvalue weighted by molar-refractivity contribution is -0.127. The minimum atomic E-state index is -3.53. The van der Waals surface area contributed by atoms with E-state index in [2.05, 4.69) is 25.2 Å². The molecule has 29 heavy (non-hydrogen) atoms. The molecule has 1 N–H and O–H groups in total. The number of amides is 1. The van der Waals surface area contributed by atoms with Crippen LogP contribution in [0.15, 0.2) is 40.6 Å². The Morgan fingerprint density at radius 1 is 1.17 bits per heavy atom. The van der Waals surface area contributed by atoms with Crippen LogP contribution in [0.1, 0.15) is 48.7 Å². The number of rotatable bonds is 6. The fourth-order valence-corrected chi connectivity index (χ4v) is 6.52. The topological polar surface area (TPSA) is 66.5 Å². The molecule has 0 radical (unpaired) electrons. The normalized spacial score (nSPS) is 17.4. The second kappa shape index (κ2) is 8.98. The molecule has 1 saturated heterocycles. The highest BCUT2D eigenvalue weighted by Gasteiger charge is 2.33. The molecule has 0 aliphatic carbocycles. The van der Waals surface area contributed by atoms with Gasteiger partial charge in [-0.05, 0) is 55.7 Å². The first-order valence-electron chi connectivity index (χ1n) is 10.1. The molecule has 1 unspecified atom stereocenters. The molecule has 1 aliphatic rings. The molecule has 1 aromatic carbocycles. The molecule has 0 spiro atoms. The number of sulfonamides is 1. The Hall–Kier alpha value is -1.70. The molecule has 0 saturated carbocycles. The molecule has 1 atom stereocenters. The van der Waals surface area contributed by atoms with Crippen LogP contribution >= 0.6 is 11.3 Å². The summed E-state index contributed by atoms with van der Waals surface area (Å²) in [7, 11) is -3.53. The molecule has 2 heterocycles. The summed E-state index contributed by atoms with van der Waals surface area (Å²) in [5.74, 6) is 0.171. The van der Waals surface area contributed by atoms with Gasteiger partial charge in [-0.15, -0.1) is 11.3 Å². The predicted octanol–water partition coefficient (Wildman–Crippen LogP) is 4.28. The molecule has 1 amide bonds. The number of nitrogens with zero attached hydrogens (tertiary/aromatic N) is 1. The number of carbonyl (C=O) groups excluding carboxylic acids is 1. The van der Waals surface area contributed by atoms with Gasteiger partial charge >= 0.3 is 0 Å². The van der Waals surface area contributed by atoms with Crippen molar-refractivity contribution in [2.45, 2.75) is 51.5 Å². The summed E-state index contributed by atoms with van der Waals surface area (Å²) in [4.78, 5) is 14.4. The Kier molecular flexibility index (Phi) is 6.81. The highest BCUT2D eigenvalue weighted by molar-refractivity contribution is 7.89. The Morgan fingerprint density at radius 2 is 1.86 bits per heavy atom. The van der Waals surface area contributed by atoms with Gasteiger partial charge in [0.1, 0.15) is 0 Å². The van der Waals surface area contributed by atoms with Crippen molar-refractivity contribution >= 4 is 27.3 Å². The van der Waals surface area contributed by atoms with Crippen LogP contribution in [0.5, 0.6) is 0 Å². The third-order valence-electron chi connectivity index (χ3n) is 5.59. The maximum Gasteiger partial charge on any atom is 0.243 e. The van der Waals surface area contributed by atoms with Gasteiger partial charge in [0.2, 0.25) is 15.9 Å². The first-order valence-corrected chi connectivity index (χ1v) is 12.4. The zero-order chi connectivity index (χ0) is 21.2. The Labute approximate surface area is 178 Å². The van der Waals surface area contributed by atoms with Crippen molar-refractivity contribution < 1.29 is 13.2 Å². The van der Waals surface area contributed by atoms with Gasteiger partial charge in [0.15, 0.2) is 0 Å². The van der Waals surface area contributed by atoms with E-state index in [1.54, 1.807) is 17.4 Å².